The van der Waals surface area contributed by atoms with E-state index in [1.54, 1.807) is 6.20 Å². The lowest BCUT2D eigenvalue weighted by Crippen LogP contribution is -2.27. The third kappa shape index (κ3) is 3.27. The van der Waals surface area contributed by atoms with Gasteiger partial charge < -0.3 is 4.90 Å². The van der Waals surface area contributed by atoms with E-state index in [2.05, 4.69) is 50.2 Å². The summed E-state index contributed by atoms with van der Waals surface area (Å²) in [6.07, 6.45) is 9.93. The van der Waals surface area contributed by atoms with E-state index in [4.69, 9.17) is 0 Å². The Bertz CT molecular complexity index is 811. The number of aromatic nitrogens is 3. The first-order chi connectivity index (χ1) is 11.8. The van der Waals surface area contributed by atoms with Crippen molar-refractivity contribution in [3.05, 3.63) is 72.3 Å². The number of hydrogen-bond donors (Lipinski definition) is 0. The number of hydrogen-bond acceptors (Lipinski definition) is 4. The molecule has 0 radical (unpaired) electrons. The lowest BCUT2D eigenvalue weighted by atomic mass is 10.0. The van der Waals surface area contributed by atoms with Gasteiger partial charge in [-0.1, -0.05) is 24.3 Å². The molecular formula is C20H20N4. The maximum absolute atomic E-state index is 4.52. The van der Waals surface area contributed by atoms with Crippen molar-refractivity contribution < 1.29 is 0 Å². The molecule has 3 aromatic rings. The van der Waals surface area contributed by atoms with Gasteiger partial charge in [-0.2, -0.15) is 0 Å². The molecule has 0 unspecified atom stereocenters. The first-order valence-electron chi connectivity index (χ1n) is 8.34. The summed E-state index contributed by atoms with van der Waals surface area (Å²) in [5, 5.41) is 0. The monoisotopic (exact) mass is 316 g/mol. The highest BCUT2D eigenvalue weighted by atomic mass is 15.3. The number of aryl methyl sites for hydroxylation is 1. The number of benzene rings is 1. The van der Waals surface area contributed by atoms with Crippen molar-refractivity contribution >= 4 is 5.95 Å². The molecular weight excluding hydrogens is 296 g/mol. The van der Waals surface area contributed by atoms with Gasteiger partial charge in [0.2, 0.25) is 5.95 Å². The highest BCUT2D eigenvalue weighted by molar-refractivity contribution is 5.63. The summed E-state index contributed by atoms with van der Waals surface area (Å²) in [7, 11) is 0. The van der Waals surface area contributed by atoms with Gasteiger partial charge in [0.25, 0.3) is 0 Å². The Morgan fingerprint density at radius 2 is 1.79 bits per heavy atom. The van der Waals surface area contributed by atoms with Crippen LogP contribution in [0.4, 0.5) is 5.95 Å². The van der Waals surface area contributed by atoms with Crippen molar-refractivity contribution in [1.82, 2.24) is 15.0 Å². The molecule has 2 heterocycles. The summed E-state index contributed by atoms with van der Waals surface area (Å²) in [6.45, 7) is 2.85. The fraction of sp³-hybridized carbons (Fsp3) is 0.250. The molecule has 120 valence electrons. The minimum absolute atomic E-state index is 0.565. The van der Waals surface area contributed by atoms with Crippen LogP contribution in [0.15, 0.2) is 61.2 Å². The Morgan fingerprint density at radius 3 is 2.50 bits per heavy atom. The molecule has 1 saturated carbocycles. The van der Waals surface area contributed by atoms with E-state index < -0.39 is 0 Å². The van der Waals surface area contributed by atoms with Crippen LogP contribution in [0.25, 0.3) is 11.1 Å². The fourth-order valence-corrected chi connectivity index (χ4v) is 2.86. The average molecular weight is 316 g/mol. The second-order valence-electron chi connectivity index (χ2n) is 6.36. The van der Waals surface area contributed by atoms with Gasteiger partial charge in [0.1, 0.15) is 0 Å². The van der Waals surface area contributed by atoms with E-state index in [-0.39, 0.29) is 0 Å². The van der Waals surface area contributed by atoms with E-state index in [9.17, 15) is 0 Å². The SMILES string of the molecule is Cc1cnc(N(Cc2cccc(-c3cccnc3)c2)C2CC2)nc1. The zero-order valence-electron chi connectivity index (χ0n) is 13.8. The van der Waals surface area contributed by atoms with Gasteiger partial charge in [0.15, 0.2) is 0 Å². The average Bonchev–Trinajstić information content (AvgIpc) is 3.47. The van der Waals surface area contributed by atoms with Crippen LogP contribution >= 0.6 is 0 Å². The first-order valence-corrected chi connectivity index (χ1v) is 8.34. The second kappa shape index (κ2) is 6.40. The molecule has 0 amide bonds. The molecule has 0 aliphatic heterocycles. The molecule has 4 nitrogen and oxygen atoms in total. The van der Waals surface area contributed by atoms with Crippen LogP contribution in [0.3, 0.4) is 0 Å². The van der Waals surface area contributed by atoms with Gasteiger partial charge >= 0.3 is 0 Å². The quantitative estimate of drug-likeness (QED) is 0.713. The van der Waals surface area contributed by atoms with Crippen molar-refractivity contribution in [2.45, 2.75) is 32.4 Å². The normalized spacial score (nSPS) is 13.7. The topological polar surface area (TPSA) is 41.9 Å². The van der Waals surface area contributed by atoms with E-state index in [1.165, 1.54) is 24.0 Å². The molecule has 1 aromatic carbocycles. The van der Waals surface area contributed by atoms with E-state index >= 15 is 0 Å². The van der Waals surface area contributed by atoms with Crippen molar-refractivity contribution in [2.24, 2.45) is 0 Å². The maximum Gasteiger partial charge on any atom is 0.225 e. The van der Waals surface area contributed by atoms with Crippen molar-refractivity contribution in [3.63, 3.8) is 0 Å². The van der Waals surface area contributed by atoms with Crippen LogP contribution in [0.1, 0.15) is 24.0 Å². The minimum Gasteiger partial charge on any atom is -0.334 e. The summed E-state index contributed by atoms with van der Waals surface area (Å²) < 4.78 is 0. The van der Waals surface area contributed by atoms with Gasteiger partial charge in [-0.05, 0) is 54.2 Å². The van der Waals surface area contributed by atoms with Crippen LogP contribution < -0.4 is 4.90 Å². The fourth-order valence-electron chi connectivity index (χ4n) is 2.86. The Balaban J connectivity index is 1.60. The standard InChI is InChI=1S/C20H20N4/c1-15-11-22-20(23-12-15)24(19-7-8-19)14-16-4-2-5-17(10-16)18-6-3-9-21-13-18/h2-6,9-13,19H,7-8,14H2,1H3. The number of pyridine rings is 1. The molecule has 0 spiro atoms. The molecule has 1 aliphatic rings. The van der Waals surface area contributed by atoms with E-state index in [1.807, 2.05) is 31.6 Å². The van der Waals surface area contributed by atoms with Gasteiger partial charge in [-0.3, -0.25) is 4.98 Å². The summed E-state index contributed by atoms with van der Waals surface area (Å²) in [5.41, 5.74) is 4.70. The summed E-state index contributed by atoms with van der Waals surface area (Å²) in [4.78, 5) is 15.6. The van der Waals surface area contributed by atoms with Gasteiger partial charge in [0, 0.05) is 37.4 Å². The molecule has 4 heteroatoms. The molecule has 1 fully saturated rings. The Labute approximate surface area is 142 Å². The molecule has 1 aliphatic carbocycles. The lowest BCUT2D eigenvalue weighted by Gasteiger charge is -2.22. The van der Waals surface area contributed by atoms with E-state index in [0.29, 0.717) is 6.04 Å². The van der Waals surface area contributed by atoms with Crippen molar-refractivity contribution in [2.75, 3.05) is 4.90 Å². The summed E-state index contributed by atoms with van der Waals surface area (Å²) in [5.74, 6) is 0.829. The minimum atomic E-state index is 0.565. The van der Waals surface area contributed by atoms with E-state index in [0.717, 1.165) is 23.6 Å². The molecule has 0 N–H and O–H groups in total. The van der Waals surface area contributed by atoms with Gasteiger partial charge in [-0.25, -0.2) is 9.97 Å². The molecule has 0 atom stereocenters. The Morgan fingerprint density at radius 1 is 1.00 bits per heavy atom. The highest BCUT2D eigenvalue weighted by Crippen LogP contribution is 2.31. The molecule has 0 bridgehead atoms. The number of nitrogens with zero attached hydrogens (tertiary/aromatic N) is 4. The highest BCUT2D eigenvalue weighted by Gasteiger charge is 2.30. The largest absolute Gasteiger partial charge is 0.334 e. The third-order valence-corrected chi connectivity index (χ3v) is 4.29. The molecule has 2 aromatic heterocycles. The van der Waals surface area contributed by atoms with Crippen LogP contribution in [0, 0.1) is 6.92 Å². The third-order valence-electron chi connectivity index (χ3n) is 4.29. The van der Waals surface area contributed by atoms with Crippen molar-refractivity contribution in [3.8, 4) is 11.1 Å². The maximum atomic E-state index is 4.52. The number of anilines is 1. The smallest absolute Gasteiger partial charge is 0.225 e. The van der Waals surface area contributed by atoms with Gasteiger partial charge in [0.05, 0.1) is 0 Å². The van der Waals surface area contributed by atoms with Crippen LogP contribution in [-0.4, -0.2) is 21.0 Å². The van der Waals surface area contributed by atoms with Crippen LogP contribution in [0.2, 0.25) is 0 Å². The second-order valence-corrected chi connectivity index (χ2v) is 6.36. The zero-order valence-corrected chi connectivity index (χ0v) is 13.8. The lowest BCUT2D eigenvalue weighted by molar-refractivity contribution is 0.757. The molecule has 0 saturated heterocycles. The van der Waals surface area contributed by atoms with Crippen LogP contribution in [0.5, 0.6) is 0 Å². The summed E-state index contributed by atoms with van der Waals surface area (Å²) >= 11 is 0. The molecule has 4 rings (SSSR count). The summed E-state index contributed by atoms with van der Waals surface area (Å²) in [6, 6.07) is 13.3. The van der Waals surface area contributed by atoms with Crippen LogP contribution in [-0.2, 0) is 6.54 Å². The van der Waals surface area contributed by atoms with Crippen molar-refractivity contribution in [1.29, 1.82) is 0 Å². The first kappa shape index (κ1) is 14.8. The number of rotatable bonds is 5. The Hall–Kier alpha value is -2.75. The predicted molar refractivity (Wildman–Crippen MR) is 95.6 cm³/mol. The Kier molecular flexibility index (Phi) is 3.95. The molecule has 24 heavy (non-hydrogen) atoms. The van der Waals surface area contributed by atoms with Gasteiger partial charge in [-0.15, -0.1) is 0 Å². The zero-order chi connectivity index (χ0) is 16.4. The predicted octanol–water partition coefficient (Wildman–Crippen LogP) is 4.02.